The SMILES string of the molecule is CCCCOC1(OCCC)CCCC[SiH]1C1=CC=CC=CN1CCC. The number of rotatable bonds is 10. The van der Waals surface area contributed by atoms with Gasteiger partial charge in [0.2, 0.25) is 0 Å². The minimum Gasteiger partial charge on any atom is -0.355 e. The summed E-state index contributed by atoms with van der Waals surface area (Å²) in [6, 6.07) is 1.28. The van der Waals surface area contributed by atoms with E-state index in [2.05, 4.69) is 56.2 Å². The Hall–Kier alpha value is -0.843. The fourth-order valence-electron chi connectivity index (χ4n) is 3.85. The van der Waals surface area contributed by atoms with Crippen LogP contribution in [0.25, 0.3) is 0 Å². The number of nitrogens with zero attached hydrogens (tertiary/aromatic N) is 1. The maximum Gasteiger partial charge on any atom is 0.162 e. The van der Waals surface area contributed by atoms with Crippen LogP contribution in [0, 0.1) is 0 Å². The molecule has 0 spiro atoms. The molecule has 0 aliphatic carbocycles. The summed E-state index contributed by atoms with van der Waals surface area (Å²) in [5, 5.41) is 1.50. The minimum absolute atomic E-state index is 0.312. The van der Waals surface area contributed by atoms with Crippen LogP contribution in [0.5, 0.6) is 0 Å². The molecular formula is C21H37NO2Si. The molecule has 4 heteroatoms. The molecule has 2 heterocycles. The van der Waals surface area contributed by atoms with Crippen LogP contribution in [-0.4, -0.2) is 38.9 Å². The van der Waals surface area contributed by atoms with E-state index in [0.717, 1.165) is 45.4 Å². The molecule has 1 saturated heterocycles. The number of hydrogen-bond donors (Lipinski definition) is 0. The number of ether oxygens (including phenoxy) is 2. The Bertz CT molecular complexity index is 475. The third-order valence-electron chi connectivity index (χ3n) is 5.10. The molecule has 0 N–H and O–H groups in total. The highest BCUT2D eigenvalue weighted by molar-refractivity contribution is 6.69. The average Bonchev–Trinajstić information content (AvgIpc) is 2.86. The molecule has 0 bridgehead atoms. The second kappa shape index (κ2) is 11.0. The lowest BCUT2D eigenvalue weighted by atomic mass is 10.2. The summed E-state index contributed by atoms with van der Waals surface area (Å²) in [5.41, 5.74) is -0.312. The van der Waals surface area contributed by atoms with Gasteiger partial charge < -0.3 is 14.4 Å². The third-order valence-corrected chi connectivity index (χ3v) is 9.01. The lowest BCUT2D eigenvalue weighted by molar-refractivity contribution is -0.191. The number of allylic oxidation sites excluding steroid dienone is 4. The van der Waals surface area contributed by atoms with Crippen LogP contribution in [0.15, 0.2) is 35.8 Å². The first-order valence-corrected chi connectivity index (χ1v) is 12.3. The normalized spacial score (nSPS) is 26.6. The minimum atomic E-state index is -1.41. The smallest absolute Gasteiger partial charge is 0.162 e. The van der Waals surface area contributed by atoms with Crippen LogP contribution < -0.4 is 0 Å². The molecule has 0 radical (unpaired) electrons. The van der Waals surface area contributed by atoms with Gasteiger partial charge >= 0.3 is 0 Å². The highest BCUT2D eigenvalue weighted by atomic mass is 28.3. The molecule has 0 amide bonds. The second-order valence-corrected chi connectivity index (χ2v) is 10.3. The van der Waals surface area contributed by atoms with E-state index in [4.69, 9.17) is 9.47 Å². The molecule has 0 aromatic carbocycles. The molecule has 0 aromatic heterocycles. The van der Waals surface area contributed by atoms with Crippen molar-refractivity contribution >= 4 is 8.80 Å². The number of hydrogen-bond acceptors (Lipinski definition) is 3. The average molecular weight is 364 g/mol. The zero-order chi connectivity index (χ0) is 18.0. The van der Waals surface area contributed by atoms with Crippen LogP contribution >= 0.6 is 0 Å². The number of unbranched alkanes of at least 4 members (excludes halogenated alkanes) is 1. The van der Waals surface area contributed by atoms with Crippen molar-refractivity contribution in [3.8, 4) is 0 Å². The highest BCUT2D eigenvalue weighted by Gasteiger charge is 2.47. The van der Waals surface area contributed by atoms with Crippen molar-refractivity contribution in [2.45, 2.75) is 77.2 Å². The van der Waals surface area contributed by atoms with Gasteiger partial charge in [0.15, 0.2) is 14.2 Å². The van der Waals surface area contributed by atoms with E-state index in [0.29, 0.717) is 0 Å². The maximum absolute atomic E-state index is 6.57. The summed E-state index contributed by atoms with van der Waals surface area (Å²) in [6.45, 7) is 9.39. The predicted octanol–water partition coefficient (Wildman–Crippen LogP) is 5.09. The molecule has 0 aromatic rings. The first kappa shape index (κ1) is 20.5. The van der Waals surface area contributed by atoms with Gasteiger partial charge in [-0.25, -0.2) is 0 Å². The van der Waals surface area contributed by atoms with Crippen LogP contribution in [0.4, 0.5) is 0 Å². The molecule has 2 aliphatic heterocycles. The largest absolute Gasteiger partial charge is 0.355 e. The molecule has 2 aliphatic rings. The third kappa shape index (κ3) is 5.57. The van der Waals surface area contributed by atoms with E-state index in [-0.39, 0.29) is 5.41 Å². The molecule has 142 valence electrons. The van der Waals surface area contributed by atoms with E-state index in [1.165, 1.54) is 30.6 Å². The predicted molar refractivity (Wildman–Crippen MR) is 109 cm³/mol. The molecule has 2 atom stereocenters. The summed E-state index contributed by atoms with van der Waals surface area (Å²) in [5.74, 6) is 0. The lowest BCUT2D eigenvalue weighted by Gasteiger charge is -2.45. The summed E-state index contributed by atoms with van der Waals surface area (Å²) in [6.07, 6.45) is 19.2. The van der Waals surface area contributed by atoms with Crippen molar-refractivity contribution in [3.63, 3.8) is 0 Å². The van der Waals surface area contributed by atoms with Gasteiger partial charge in [0.1, 0.15) is 0 Å². The Kier molecular flexibility index (Phi) is 9.00. The van der Waals surface area contributed by atoms with E-state index in [9.17, 15) is 0 Å². The van der Waals surface area contributed by atoms with Crippen LogP contribution in [-0.2, 0) is 9.47 Å². The van der Waals surface area contributed by atoms with Gasteiger partial charge in [-0.1, -0.05) is 45.8 Å². The topological polar surface area (TPSA) is 21.7 Å². The first-order chi connectivity index (χ1) is 12.3. The van der Waals surface area contributed by atoms with E-state index < -0.39 is 8.80 Å². The van der Waals surface area contributed by atoms with E-state index >= 15 is 0 Å². The van der Waals surface area contributed by atoms with E-state index in [1.807, 2.05) is 0 Å². The van der Waals surface area contributed by atoms with Gasteiger partial charge in [0.05, 0.1) is 0 Å². The van der Waals surface area contributed by atoms with Gasteiger partial charge in [0.25, 0.3) is 0 Å². The Morgan fingerprint density at radius 3 is 2.60 bits per heavy atom. The Labute approximate surface area is 156 Å². The first-order valence-electron chi connectivity index (χ1n) is 10.4. The zero-order valence-corrected chi connectivity index (χ0v) is 17.7. The lowest BCUT2D eigenvalue weighted by Crippen LogP contribution is -2.56. The van der Waals surface area contributed by atoms with E-state index in [1.54, 1.807) is 0 Å². The van der Waals surface area contributed by atoms with Crippen molar-refractivity contribution in [1.82, 2.24) is 4.90 Å². The van der Waals surface area contributed by atoms with Crippen molar-refractivity contribution in [2.24, 2.45) is 0 Å². The fraction of sp³-hybridized carbons (Fsp3) is 0.714. The molecule has 2 unspecified atom stereocenters. The standard InChI is InChI=1S/C21H37NO2Si/c1-4-7-18-24-21(23-17-6-3)14-10-12-19-25(21)20-13-9-8-11-16-22(20)15-5-2/h8-9,11,13,16,25H,4-7,10,12,14-15,17-19H2,1-3H3. The second-order valence-electron chi connectivity index (χ2n) is 7.17. The van der Waals surface area contributed by atoms with Gasteiger partial charge in [-0.3, -0.25) is 0 Å². The Morgan fingerprint density at radius 1 is 1.00 bits per heavy atom. The quantitative estimate of drug-likeness (QED) is 0.306. The zero-order valence-electron chi connectivity index (χ0n) is 16.5. The monoisotopic (exact) mass is 363 g/mol. The van der Waals surface area contributed by atoms with Gasteiger partial charge in [-0.15, -0.1) is 0 Å². The summed E-state index contributed by atoms with van der Waals surface area (Å²) in [4.78, 5) is 2.47. The van der Waals surface area contributed by atoms with Gasteiger partial charge in [0, 0.05) is 31.3 Å². The van der Waals surface area contributed by atoms with Crippen LogP contribution in [0.1, 0.15) is 65.7 Å². The molecule has 0 saturated carbocycles. The van der Waals surface area contributed by atoms with Crippen molar-refractivity contribution in [2.75, 3.05) is 19.8 Å². The van der Waals surface area contributed by atoms with Gasteiger partial charge in [-0.05, 0) is 50.3 Å². The summed E-state index contributed by atoms with van der Waals surface area (Å²) in [7, 11) is -1.41. The van der Waals surface area contributed by atoms with Crippen molar-refractivity contribution in [1.29, 1.82) is 0 Å². The fourth-order valence-corrected chi connectivity index (χ4v) is 7.89. The van der Waals surface area contributed by atoms with Crippen molar-refractivity contribution in [3.05, 3.63) is 35.8 Å². The molecule has 3 nitrogen and oxygen atoms in total. The van der Waals surface area contributed by atoms with Crippen LogP contribution in [0.3, 0.4) is 0 Å². The van der Waals surface area contributed by atoms with Crippen LogP contribution in [0.2, 0.25) is 6.04 Å². The highest BCUT2D eigenvalue weighted by Crippen LogP contribution is 2.38. The maximum atomic E-state index is 6.57. The molecule has 2 rings (SSSR count). The molecular weight excluding hydrogens is 326 g/mol. The summed E-state index contributed by atoms with van der Waals surface area (Å²) >= 11 is 0. The molecule has 1 fully saturated rings. The Morgan fingerprint density at radius 2 is 1.84 bits per heavy atom. The van der Waals surface area contributed by atoms with Gasteiger partial charge in [-0.2, -0.15) is 0 Å². The van der Waals surface area contributed by atoms with Crippen molar-refractivity contribution < 1.29 is 9.47 Å². The molecule has 25 heavy (non-hydrogen) atoms. The Balaban J connectivity index is 2.28. The summed E-state index contributed by atoms with van der Waals surface area (Å²) < 4.78 is 13.1.